The van der Waals surface area contributed by atoms with Crippen molar-refractivity contribution >= 4 is 5.97 Å². The summed E-state index contributed by atoms with van der Waals surface area (Å²) < 4.78 is 26.5. The third kappa shape index (κ3) is 4.13. The summed E-state index contributed by atoms with van der Waals surface area (Å²) in [7, 11) is 3.12. The molecule has 29 heavy (non-hydrogen) atoms. The highest BCUT2D eigenvalue weighted by Gasteiger charge is 2.49. The summed E-state index contributed by atoms with van der Waals surface area (Å²) in [5, 5.41) is 0. The van der Waals surface area contributed by atoms with Crippen molar-refractivity contribution in [1.82, 2.24) is 0 Å². The van der Waals surface area contributed by atoms with Crippen molar-refractivity contribution < 1.29 is 28.5 Å². The third-order valence-electron chi connectivity index (χ3n) is 5.23. The number of allylic oxidation sites excluding steroid dienone is 1. The van der Waals surface area contributed by atoms with Crippen LogP contribution in [0, 0.1) is 0 Å². The summed E-state index contributed by atoms with van der Waals surface area (Å²) in [6.45, 7) is 6.09. The molecule has 0 amide bonds. The zero-order chi connectivity index (χ0) is 20.9. The molecule has 0 spiro atoms. The van der Waals surface area contributed by atoms with Crippen LogP contribution < -0.4 is 14.2 Å². The van der Waals surface area contributed by atoms with Gasteiger partial charge in [-0.25, -0.2) is 0 Å². The standard InChI is InChI=1S/C23H26O6/c1-5-6-20-19-12-11-18(28-15-26-4)13-21(19)29-22(24)23(20,2)16-7-9-17(10-8-16)27-14-25-3/h5,7-13,20H,1,6,14-15H2,2-4H3/t20-,23?/m1/s1. The number of benzene rings is 2. The molecule has 2 aromatic rings. The topological polar surface area (TPSA) is 63.2 Å². The van der Waals surface area contributed by atoms with Gasteiger partial charge in [-0.2, -0.15) is 0 Å². The molecule has 1 unspecified atom stereocenters. The fourth-order valence-corrected chi connectivity index (χ4v) is 3.64. The lowest BCUT2D eigenvalue weighted by atomic mass is 9.66. The molecule has 6 heteroatoms. The molecule has 3 rings (SSSR count). The van der Waals surface area contributed by atoms with Gasteiger partial charge in [-0.1, -0.05) is 24.3 Å². The van der Waals surface area contributed by atoms with Crippen molar-refractivity contribution in [2.75, 3.05) is 27.8 Å². The van der Waals surface area contributed by atoms with Gasteiger partial charge in [0.05, 0.1) is 5.41 Å². The summed E-state index contributed by atoms with van der Waals surface area (Å²) in [5.74, 6) is 1.32. The highest BCUT2D eigenvalue weighted by molar-refractivity contribution is 5.88. The van der Waals surface area contributed by atoms with E-state index >= 15 is 0 Å². The van der Waals surface area contributed by atoms with E-state index in [0.29, 0.717) is 23.7 Å². The van der Waals surface area contributed by atoms with Crippen LogP contribution in [0.4, 0.5) is 0 Å². The molecule has 0 saturated heterocycles. The van der Waals surface area contributed by atoms with Gasteiger partial charge < -0.3 is 23.7 Å². The van der Waals surface area contributed by atoms with Gasteiger partial charge in [-0.05, 0) is 37.1 Å². The Bertz CT molecular complexity index is 860. The highest BCUT2D eigenvalue weighted by Crippen LogP contribution is 2.50. The second-order valence-electron chi connectivity index (χ2n) is 6.99. The number of ether oxygens (including phenoxy) is 5. The van der Waals surface area contributed by atoms with E-state index in [1.807, 2.05) is 49.4 Å². The number of rotatable bonds is 9. The number of carbonyl (C=O) groups excluding carboxylic acids is 1. The van der Waals surface area contributed by atoms with Gasteiger partial charge in [0.15, 0.2) is 13.6 Å². The van der Waals surface area contributed by atoms with Gasteiger partial charge in [0, 0.05) is 31.8 Å². The van der Waals surface area contributed by atoms with Crippen LogP contribution in [-0.4, -0.2) is 33.8 Å². The minimum Gasteiger partial charge on any atom is -0.468 e. The predicted octanol–water partition coefficient (Wildman–Crippen LogP) is 4.19. The van der Waals surface area contributed by atoms with Crippen molar-refractivity contribution in [1.29, 1.82) is 0 Å². The molecule has 1 aliphatic rings. The molecule has 2 aromatic carbocycles. The van der Waals surface area contributed by atoms with Gasteiger partial charge in [-0.3, -0.25) is 4.79 Å². The van der Waals surface area contributed by atoms with Crippen LogP contribution in [0.2, 0.25) is 0 Å². The second-order valence-corrected chi connectivity index (χ2v) is 6.99. The fourth-order valence-electron chi connectivity index (χ4n) is 3.64. The summed E-state index contributed by atoms with van der Waals surface area (Å²) in [6.07, 6.45) is 2.45. The van der Waals surface area contributed by atoms with Gasteiger partial charge in [-0.15, -0.1) is 6.58 Å². The molecule has 0 N–H and O–H groups in total. The number of carbonyl (C=O) groups is 1. The van der Waals surface area contributed by atoms with Crippen LogP contribution >= 0.6 is 0 Å². The molecular formula is C23H26O6. The monoisotopic (exact) mass is 398 g/mol. The smallest absolute Gasteiger partial charge is 0.322 e. The summed E-state index contributed by atoms with van der Waals surface area (Å²) >= 11 is 0. The van der Waals surface area contributed by atoms with Crippen LogP contribution in [-0.2, 0) is 19.7 Å². The molecular weight excluding hydrogens is 372 g/mol. The first-order valence-electron chi connectivity index (χ1n) is 9.35. The molecule has 0 radical (unpaired) electrons. The van der Waals surface area contributed by atoms with Crippen LogP contribution in [0.25, 0.3) is 0 Å². The van der Waals surface area contributed by atoms with E-state index in [4.69, 9.17) is 23.7 Å². The maximum atomic E-state index is 13.2. The molecule has 1 heterocycles. The summed E-state index contributed by atoms with van der Waals surface area (Å²) in [5.41, 5.74) is 0.927. The van der Waals surface area contributed by atoms with Crippen LogP contribution in [0.5, 0.6) is 17.2 Å². The maximum Gasteiger partial charge on any atom is 0.322 e. The average Bonchev–Trinajstić information content (AvgIpc) is 2.74. The first-order valence-corrected chi connectivity index (χ1v) is 9.35. The van der Waals surface area contributed by atoms with Gasteiger partial charge in [0.1, 0.15) is 17.2 Å². The normalized spacial score (nSPS) is 20.5. The molecule has 0 aromatic heterocycles. The molecule has 0 saturated carbocycles. The van der Waals surface area contributed by atoms with E-state index in [1.54, 1.807) is 20.3 Å². The van der Waals surface area contributed by atoms with Crippen LogP contribution in [0.3, 0.4) is 0 Å². The Hall–Kier alpha value is -2.83. The Morgan fingerprint density at radius 1 is 1.03 bits per heavy atom. The lowest BCUT2D eigenvalue weighted by molar-refractivity contribution is -0.143. The van der Waals surface area contributed by atoms with E-state index in [0.717, 1.165) is 11.1 Å². The second kappa shape index (κ2) is 9.11. The number of esters is 1. The first kappa shape index (κ1) is 20.9. The number of fused-ring (bicyclic) bond motifs is 1. The van der Waals surface area contributed by atoms with Crippen molar-refractivity contribution in [3.05, 3.63) is 66.2 Å². The molecule has 0 bridgehead atoms. The molecule has 6 nitrogen and oxygen atoms in total. The third-order valence-corrected chi connectivity index (χ3v) is 5.23. The minimum atomic E-state index is -0.865. The summed E-state index contributed by atoms with van der Waals surface area (Å²) in [4.78, 5) is 13.2. The van der Waals surface area contributed by atoms with Crippen molar-refractivity contribution in [2.24, 2.45) is 0 Å². The SMILES string of the molecule is C=CC[C@@H]1c2ccc(OCOC)cc2OC(=O)C1(C)c1ccc(OCOC)cc1. The van der Waals surface area contributed by atoms with Gasteiger partial charge in [0.2, 0.25) is 0 Å². The zero-order valence-corrected chi connectivity index (χ0v) is 17.0. The van der Waals surface area contributed by atoms with Gasteiger partial charge >= 0.3 is 5.97 Å². The lowest BCUT2D eigenvalue weighted by Gasteiger charge is -2.40. The Labute approximate surface area is 171 Å². The van der Waals surface area contributed by atoms with Crippen LogP contribution in [0.1, 0.15) is 30.4 Å². The Morgan fingerprint density at radius 3 is 2.28 bits per heavy atom. The van der Waals surface area contributed by atoms with E-state index in [1.165, 1.54) is 0 Å². The fraction of sp³-hybridized carbons (Fsp3) is 0.348. The highest BCUT2D eigenvalue weighted by atomic mass is 16.7. The molecule has 2 atom stereocenters. The minimum absolute atomic E-state index is 0.123. The average molecular weight is 398 g/mol. The summed E-state index contributed by atoms with van der Waals surface area (Å²) in [6, 6.07) is 13.0. The number of hydrogen-bond acceptors (Lipinski definition) is 6. The van der Waals surface area contributed by atoms with Crippen molar-refractivity contribution in [2.45, 2.75) is 24.7 Å². The molecule has 0 aliphatic carbocycles. The van der Waals surface area contributed by atoms with Crippen LogP contribution in [0.15, 0.2) is 55.1 Å². The van der Waals surface area contributed by atoms with E-state index in [2.05, 4.69) is 6.58 Å². The van der Waals surface area contributed by atoms with Gasteiger partial charge in [0.25, 0.3) is 0 Å². The quantitative estimate of drug-likeness (QED) is 0.273. The number of methoxy groups -OCH3 is 2. The molecule has 0 fully saturated rings. The van der Waals surface area contributed by atoms with E-state index < -0.39 is 5.41 Å². The Balaban J connectivity index is 1.98. The van der Waals surface area contributed by atoms with E-state index in [9.17, 15) is 4.79 Å². The Kier molecular flexibility index (Phi) is 6.56. The maximum absolute atomic E-state index is 13.2. The molecule has 154 valence electrons. The first-order chi connectivity index (χ1) is 14.0. The number of hydrogen-bond donors (Lipinski definition) is 0. The predicted molar refractivity (Wildman–Crippen MR) is 108 cm³/mol. The lowest BCUT2D eigenvalue weighted by Crippen LogP contribution is -2.45. The van der Waals surface area contributed by atoms with Crippen molar-refractivity contribution in [3.63, 3.8) is 0 Å². The zero-order valence-electron chi connectivity index (χ0n) is 17.0. The van der Waals surface area contributed by atoms with Crippen molar-refractivity contribution in [3.8, 4) is 17.2 Å². The molecule has 1 aliphatic heterocycles. The largest absolute Gasteiger partial charge is 0.468 e. The van der Waals surface area contributed by atoms with E-state index in [-0.39, 0.29) is 25.5 Å². The Morgan fingerprint density at radius 2 is 1.66 bits per heavy atom.